The van der Waals surface area contributed by atoms with Crippen LogP contribution in [-0.2, 0) is 0 Å². The number of nitrogens with one attached hydrogen (secondary N) is 1. The Morgan fingerprint density at radius 1 is 1.00 bits per heavy atom. The van der Waals surface area contributed by atoms with Gasteiger partial charge in [-0.25, -0.2) is 4.98 Å². The molecule has 3 aromatic rings. The first-order valence-corrected chi connectivity index (χ1v) is 8.56. The van der Waals surface area contributed by atoms with Crippen molar-refractivity contribution in [1.29, 1.82) is 0 Å². The summed E-state index contributed by atoms with van der Waals surface area (Å²) in [5, 5.41) is 2.98. The molecule has 6 nitrogen and oxygen atoms in total. The Balaban J connectivity index is 1.86. The summed E-state index contributed by atoms with van der Waals surface area (Å²) in [6.45, 7) is 6.10. The van der Waals surface area contributed by atoms with Gasteiger partial charge >= 0.3 is 0 Å². The number of hydrogen-bond acceptors (Lipinski definition) is 3. The molecule has 134 valence electrons. The lowest BCUT2D eigenvalue weighted by atomic mass is 10.1. The molecule has 0 aliphatic carbocycles. The van der Waals surface area contributed by atoms with Crippen molar-refractivity contribution >= 4 is 22.8 Å². The molecule has 1 atom stereocenters. The molecule has 2 amide bonds. The number of carbonyl (C=O) groups excluding carboxylic acids is 2. The van der Waals surface area contributed by atoms with Crippen LogP contribution in [0, 0.1) is 0 Å². The van der Waals surface area contributed by atoms with Crippen LogP contribution in [0.4, 0.5) is 0 Å². The van der Waals surface area contributed by atoms with Crippen molar-refractivity contribution in [2.24, 2.45) is 5.73 Å². The first-order chi connectivity index (χ1) is 12.4. The Hall–Kier alpha value is -3.15. The molecule has 2 aromatic carbocycles. The predicted molar refractivity (Wildman–Crippen MR) is 101 cm³/mol. The van der Waals surface area contributed by atoms with Crippen LogP contribution in [0.3, 0.4) is 0 Å². The van der Waals surface area contributed by atoms with E-state index in [9.17, 15) is 9.59 Å². The van der Waals surface area contributed by atoms with Crippen LogP contribution < -0.4 is 11.1 Å². The Morgan fingerprint density at radius 3 is 2.23 bits per heavy atom. The SMILES string of the molecule is CC(NC(=O)c1ccc(C(N)=O)cc1)c1nc2ccccc2n1C(C)C. The van der Waals surface area contributed by atoms with Crippen molar-refractivity contribution < 1.29 is 9.59 Å². The van der Waals surface area contributed by atoms with E-state index in [0.717, 1.165) is 16.9 Å². The predicted octanol–water partition coefficient (Wildman–Crippen LogP) is 3.21. The van der Waals surface area contributed by atoms with Gasteiger partial charge in [0.1, 0.15) is 5.82 Å². The van der Waals surface area contributed by atoms with E-state index >= 15 is 0 Å². The van der Waals surface area contributed by atoms with Crippen LogP contribution in [-0.4, -0.2) is 21.4 Å². The molecule has 0 saturated heterocycles. The van der Waals surface area contributed by atoms with Crippen molar-refractivity contribution in [3.8, 4) is 0 Å². The maximum atomic E-state index is 12.5. The molecule has 6 heteroatoms. The second-order valence-corrected chi connectivity index (χ2v) is 6.56. The standard InChI is InChI=1S/C20H22N4O2/c1-12(2)24-17-7-5-4-6-16(17)23-19(24)13(3)22-20(26)15-10-8-14(9-11-15)18(21)25/h4-13H,1-3H3,(H2,21,25)(H,22,26). The summed E-state index contributed by atoms with van der Waals surface area (Å²) < 4.78 is 2.14. The van der Waals surface area contributed by atoms with Gasteiger partial charge in [0.25, 0.3) is 5.91 Å². The molecule has 26 heavy (non-hydrogen) atoms. The Labute approximate surface area is 152 Å². The summed E-state index contributed by atoms with van der Waals surface area (Å²) in [5.74, 6) is 0.0650. The monoisotopic (exact) mass is 350 g/mol. The number of primary amides is 1. The molecule has 0 spiro atoms. The Morgan fingerprint density at radius 2 is 1.62 bits per heavy atom. The fourth-order valence-corrected chi connectivity index (χ4v) is 3.04. The summed E-state index contributed by atoms with van der Waals surface area (Å²) >= 11 is 0. The van der Waals surface area contributed by atoms with Crippen LogP contribution in [0.25, 0.3) is 11.0 Å². The van der Waals surface area contributed by atoms with Crippen molar-refractivity contribution in [3.05, 3.63) is 65.5 Å². The third-order valence-corrected chi connectivity index (χ3v) is 4.31. The highest BCUT2D eigenvalue weighted by Crippen LogP contribution is 2.25. The van der Waals surface area contributed by atoms with Gasteiger partial charge in [0.2, 0.25) is 5.91 Å². The first-order valence-electron chi connectivity index (χ1n) is 8.56. The van der Waals surface area contributed by atoms with Gasteiger partial charge in [-0.05, 0) is 57.2 Å². The second kappa shape index (κ2) is 7.00. The number of fused-ring (bicyclic) bond motifs is 1. The lowest BCUT2D eigenvalue weighted by Gasteiger charge is -2.19. The number of nitrogens with zero attached hydrogens (tertiary/aromatic N) is 2. The number of para-hydroxylation sites is 2. The van der Waals surface area contributed by atoms with Crippen molar-refractivity contribution in [3.63, 3.8) is 0 Å². The highest BCUT2D eigenvalue weighted by atomic mass is 16.2. The normalized spacial score (nSPS) is 12.3. The van der Waals surface area contributed by atoms with E-state index in [1.54, 1.807) is 24.3 Å². The number of rotatable bonds is 5. The highest BCUT2D eigenvalue weighted by molar-refractivity contribution is 5.97. The second-order valence-electron chi connectivity index (χ2n) is 6.56. The van der Waals surface area contributed by atoms with Crippen LogP contribution in [0.1, 0.15) is 59.4 Å². The summed E-state index contributed by atoms with van der Waals surface area (Å²) in [6, 6.07) is 14.2. The van der Waals surface area contributed by atoms with Gasteiger partial charge in [-0.2, -0.15) is 0 Å². The van der Waals surface area contributed by atoms with Gasteiger partial charge in [-0.3, -0.25) is 9.59 Å². The summed E-state index contributed by atoms with van der Waals surface area (Å²) in [6.07, 6.45) is 0. The van der Waals surface area contributed by atoms with E-state index in [1.165, 1.54) is 0 Å². The maximum Gasteiger partial charge on any atom is 0.251 e. The van der Waals surface area contributed by atoms with E-state index in [2.05, 4.69) is 23.7 Å². The van der Waals surface area contributed by atoms with E-state index in [4.69, 9.17) is 10.7 Å². The van der Waals surface area contributed by atoms with E-state index in [-0.39, 0.29) is 18.0 Å². The summed E-state index contributed by atoms with van der Waals surface area (Å²) in [4.78, 5) is 28.4. The molecule has 0 bridgehead atoms. The minimum absolute atomic E-state index is 0.214. The molecule has 0 saturated carbocycles. The number of aromatic nitrogens is 2. The summed E-state index contributed by atoms with van der Waals surface area (Å²) in [7, 11) is 0. The van der Waals surface area contributed by atoms with Gasteiger partial charge in [-0.1, -0.05) is 12.1 Å². The zero-order valence-electron chi connectivity index (χ0n) is 15.1. The molecular formula is C20H22N4O2. The molecule has 1 unspecified atom stereocenters. The lowest BCUT2D eigenvalue weighted by Crippen LogP contribution is -2.29. The maximum absolute atomic E-state index is 12.5. The molecule has 1 heterocycles. The molecule has 1 aromatic heterocycles. The van der Waals surface area contributed by atoms with E-state index in [1.807, 2.05) is 31.2 Å². The quantitative estimate of drug-likeness (QED) is 0.740. The number of benzene rings is 2. The van der Waals surface area contributed by atoms with Gasteiger partial charge in [0.15, 0.2) is 0 Å². The summed E-state index contributed by atoms with van der Waals surface area (Å²) in [5.41, 5.74) is 8.02. The van der Waals surface area contributed by atoms with Crippen molar-refractivity contribution in [2.45, 2.75) is 32.9 Å². The van der Waals surface area contributed by atoms with Crippen LogP contribution >= 0.6 is 0 Å². The molecule has 3 rings (SSSR count). The first kappa shape index (κ1) is 17.7. The average Bonchev–Trinajstić information content (AvgIpc) is 3.01. The minimum Gasteiger partial charge on any atom is -0.366 e. The molecule has 0 aliphatic heterocycles. The van der Waals surface area contributed by atoms with Crippen LogP contribution in [0.15, 0.2) is 48.5 Å². The minimum atomic E-state index is -0.518. The lowest BCUT2D eigenvalue weighted by molar-refractivity contribution is 0.0935. The number of amides is 2. The van der Waals surface area contributed by atoms with Crippen molar-refractivity contribution in [1.82, 2.24) is 14.9 Å². The van der Waals surface area contributed by atoms with Crippen LogP contribution in [0.2, 0.25) is 0 Å². The fourth-order valence-electron chi connectivity index (χ4n) is 3.04. The molecule has 0 fully saturated rings. The topological polar surface area (TPSA) is 90.0 Å². The molecule has 0 radical (unpaired) electrons. The van der Waals surface area contributed by atoms with Gasteiger partial charge in [0.05, 0.1) is 17.1 Å². The van der Waals surface area contributed by atoms with Gasteiger partial charge in [0, 0.05) is 17.2 Å². The number of imidazole rings is 1. The van der Waals surface area contributed by atoms with Crippen molar-refractivity contribution in [2.75, 3.05) is 0 Å². The third kappa shape index (κ3) is 3.31. The third-order valence-electron chi connectivity index (χ3n) is 4.31. The zero-order valence-corrected chi connectivity index (χ0v) is 15.1. The fraction of sp³-hybridized carbons (Fsp3) is 0.250. The number of hydrogen-bond donors (Lipinski definition) is 2. The van der Waals surface area contributed by atoms with Gasteiger partial charge < -0.3 is 15.6 Å². The zero-order chi connectivity index (χ0) is 18.8. The van der Waals surface area contributed by atoms with Gasteiger partial charge in [-0.15, -0.1) is 0 Å². The highest BCUT2D eigenvalue weighted by Gasteiger charge is 2.20. The molecular weight excluding hydrogens is 328 g/mol. The number of nitrogens with two attached hydrogens (primary N) is 1. The largest absolute Gasteiger partial charge is 0.366 e. The van der Waals surface area contributed by atoms with E-state index in [0.29, 0.717) is 11.1 Å². The Bertz CT molecular complexity index is 958. The molecule has 3 N–H and O–H groups in total. The average molecular weight is 350 g/mol. The molecule has 0 aliphatic rings. The Kier molecular flexibility index (Phi) is 4.75. The van der Waals surface area contributed by atoms with Crippen LogP contribution in [0.5, 0.6) is 0 Å². The van der Waals surface area contributed by atoms with E-state index < -0.39 is 5.91 Å². The number of carbonyl (C=O) groups is 2. The smallest absolute Gasteiger partial charge is 0.251 e.